The molecule has 0 aliphatic carbocycles. The molecule has 1 aliphatic heterocycles. The van der Waals surface area contributed by atoms with Crippen LogP contribution in [0.15, 0.2) is 42.5 Å². The molecule has 0 bridgehead atoms. The largest absolute Gasteiger partial charge is 0.495 e. The lowest BCUT2D eigenvalue weighted by Gasteiger charge is -2.36. The van der Waals surface area contributed by atoms with Gasteiger partial charge in [0.15, 0.2) is 0 Å². The van der Waals surface area contributed by atoms with E-state index >= 15 is 0 Å². The van der Waals surface area contributed by atoms with E-state index in [4.69, 9.17) is 4.74 Å². The third kappa shape index (κ3) is 4.36. The molecule has 0 unspecified atom stereocenters. The van der Waals surface area contributed by atoms with E-state index in [1.54, 1.807) is 30.1 Å². The Morgan fingerprint density at radius 1 is 1.00 bits per heavy atom. The van der Waals surface area contributed by atoms with Crippen LogP contribution >= 0.6 is 0 Å². The SMILES string of the molecule is CNC(=O)c1ccc(OC)c(NC(=O)N2CCN(c3ccc(C)cc3)CC2)c1. The standard InChI is InChI=1S/C21H26N4O3/c1-15-4-7-17(8-5-15)24-10-12-25(13-11-24)21(27)23-18-14-16(20(26)22-2)6-9-19(18)28-3/h4-9,14H,10-13H2,1-3H3,(H,22,26)(H,23,27). The van der Waals surface area contributed by atoms with Gasteiger partial charge in [-0.05, 0) is 37.3 Å². The first-order chi connectivity index (χ1) is 13.5. The topological polar surface area (TPSA) is 73.9 Å². The van der Waals surface area contributed by atoms with Gasteiger partial charge in [-0.3, -0.25) is 4.79 Å². The number of carbonyl (C=O) groups is 2. The number of piperazine rings is 1. The summed E-state index contributed by atoms with van der Waals surface area (Å²) >= 11 is 0. The monoisotopic (exact) mass is 382 g/mol. The fraction of sp³-hybridized carbons (Fsp3) is 0.333. The Morgan fingerprint density at radius 3 is 2.29 bits per heavy atom. The second-order valence-corrected chi connectivity index (χ2v) is 6.73. The van der Waals surface area contributed by atoms with E-state index in [0.29, 0.717) is 30.1 Å². The van der Waals surface area contributed by atoms with Crippen LogP contribution in [0.4, 0.5) is 16.2 Å². The van der Waals surface area contributed by atoms with Crippen LogP contribution in [-0.2, 0) is 0 Å². The predicted octanol–water partition coefficient (Wildman–Crippen LogP) is 2.72. The molecule has 0 atom stereocenters. The van der Waals surface area contributed by atoms with E-state index in [1.807, 2.05) is 0 Å². The summed E-state index contributed by atoms with van der Waals surface area (Å²) in [7, 11) is 3.10. The van der Waals surface area contributed by atoms with Gasteiger partial charge in [0.05, 0.1) is 12.8 Å². The number of ether oxygens (including phenoxy) is 1. The van der Waals surface area contributed by atoms with Gasteiger partial charge in [-0.1, -0.05) is 17.7 Å². The zero-order valence-corrected chi connectivity index (χ0v) is 16.5. The molecule has 2 N–H and O–H groups in total. The van der Waals surface area contributed by atoms with Crippen LogP contribution in [0.5, 0.6) is 5.75 Å². The highest BCUT2D eigenvalue weighted by Gasteiger charge is 2.22. The summed E-state index contributed by atoms with van der Waals surface area (Å²) in [6.07, 6.45) is 0. The number of nitrogens with one attached hydrogen (secondary N) is 2. The van der Waals surface area contributed by atoms with Crippen molar-refractivity contribution in [3.63, 3.8) is 0 Å². The summed E-state index contributed by atoms with van der Waals surface area (Å²) in [5, 5.41) is 5.45. The second-order valence-electron chi connectivity index (χ2n) is 6.73. The number of rotatable bonds is 4. The Kier molecular flexibility index (Phi) is 6.03. The molecule has 0 spiro atoms. The van der Waals surface area contributed by atoms with Gasteiger partial charge in [0.25, 0.3) is 5.91 Å². The van der Waals surface area contributed by atoms with E-state index in [1.165, 1.54) is 18.4 Å². The molecule has 1 aliphatic rings. The predicted molar refractivity (Wildman–Crippen MR) is 110 cm³/mol. The van der Waals surface area contributed by atoms with Crippen LogP contribution < -0.4 is 20.3 Å². The smallest absolute Gasteiger partial charge is 0.322 e. The number of anilines is 2. The van der Waals surface area contributed by atoms with Crippen molar-refractivity contribution in [2.24, 2.45) is 0 Å². The molecular weight excluding hydrogens is 356 g/mol. The van der Waals surface area contributed by atoms with Crippen LogP contribution in [0.2, 0.25) is 0 Å². The summed E-state index contributed by atoms with van der Waals surface area (Å²) in [6, 6.07) is 13.2. The normalized spacial score (nSPS) is 13.8. The fourth-order valence-corrected chi connectivity index (χ4v) is 3.21. The zero-order valence-electron chi connectivity index (χ0n) is 16.5. The minimum absolute atomic E-state index is 0.198. The molecule has 148 valence electrons. The van der Waals surface area contributed by atoms with Crippen molar-refractivity contribution in [3.8, 4) is 5.75 Å². The molecule has 0 aromatic heterocycles. The summed E-state index contributed by atoms with van der Waals surface area (Å²) in [5.41, 5.74) is 3.35. The first kappa shape index (κ1) is 19.5. The van der Waals surface area contributed by atoms with Gasteiger partial charge in [-0.15, -0.1) is 0 Å². The van der Waals surface area contributed by atoms with Crippen LogP contribution in [-0.4, -0.2) is 57.2 Å². The Bertz CT molecular complexity index is 843. The Hall–Kier alpha value is -3.22. The van der Waals surface area contributed by atoms with E-state index in [9.17, 15) is 9.59 Å². The molecule has 2 aromatic carbocycles. The molecule has 7 nitrogen and oxygen atoms in total. The molecular formula is C21H26N4O3. The second kappa shape index (κ2) is 8.65. The van der Waals surface area contributed by atoms with Crippen molar-refractivity contribution >= 4 is 23.3 Å². The first-order valence-corrected chi connectivity index (χ1v) is 9.29. The Labute approximate surface area is 165 Å². The van der Waals surface area contributed by atoms with Crippen LogP contribution in [0.3, 0.4) is 0 Å². The minimum atomic E-state index is -0.218. The molecule has 1 saturated heterocycles. The maximum atomic E-state index is 12.7. The maximum Gasteiger partial charge on any atom is 0.322 e. The van der Waals surface area contributed by atoms with Gasteiger partial charge in [-0.25, -0.2) is 4.79 Å². The van der Waals surface area contributed by atoms with Gasteiger partial charge in [-0.2, -0.15) is 0 Å². The quantitative estimate of drug-likeness (QED) is 0.853. The summed E-state index contributed by atoms with van der Waals surface area (Å²) < 4.78 is 5.31. The minimum Gasteiger partial charge on any atom is -0.495 e. The van der Waals surface area contributed by atoms with Gasteiger partial charge in [0.1, 0.15) is 5.75 Å². The van der Waals surface area contributed by atoms with Crippen molar-refractivity contribution < 1.29 is 14.3 Å². The number of aryl methyl sites for hydroxylation is 1. The lowest BCUT2D eigenvalue weighted by molar-refractivity contribution is 0.0963. The average Bonchev–Trinajstić information content (AvgIpc) is 2.73. The van der Waals surface area contributed by atoms with E-state index in [2.05, 4.69) is 46.7 Å². The van der Waals surface area contributed by atoms with Crippen molar-refractivity contribution in [2.75, 3.05) is 50.6 Å². The van der Waals surface area contributed by atoms with Crippen LogP contribution in [0.1, 0.15) is 15.9 Å². The zero-order chi connectivity index (χ0) is 20.1. The van der Waals surface area contributed by atoms with Crippen molar-refractivity contribution in [1.82, 2.24) is 10.2 Å². The van der Waals surface area contributed by atoms with Crippen molar-refractivity contribution in [2.45, 2.75) is 6.92 Å². The number of urea groups is 1. The summed E-state index contributed by atoms with van der Waals surface area (Å²) in [5.74, 6) is 0.296. The van der Waals surface area contributed by atoms with Crippen LogP contribution in [0, 0.1) is 6.92 Å². The summed E-state index contributed by atoms with van der Waals surface area (Å²) in [4.78, 5) is 28.6. The average molecular weight is 382 g/mol. The van der Waals surface area contributed by atoms with E-state index in [-0.39, 0.29) is 11.9 Å². The van der Waals surface area contributed by atoms with Gasteiger partial charge in [0, 0.05) is 44.5 Å². The molecule has 0 saturated carbocycles. The molecule has 3 amide bonds. The number of methoxy groups -OCH3 is 1. The number of benzene rings is 2. The number of hydrogen-bond donors (Lipinski definition) is 2. The molecule has 1 fully saturated rings. The van der Waals surface area contributed by atoms with Gasteiger partial charge in [0.2, 0.25) is 0 Å². The number of hydrogen-bond acceptors (Lipinski definition) is 4. The molecule has 0 radical (unpaired) electrons. The molecule has 28 heavy (non-hydrogen) atoms. The van der Waals surface area contributed by atoms with E-state index < -0.39 is 0 Å². The summed E-state index contributed by atoms with van der Waals surface area (Å²) in [6.45, 7) is 4.85. The fourth-order valence-electron chi connectivity index (χ4n) is 3.21. The highest BCUT2D eigenvalue weighted by atomic mass is 16.5. The van der Waals surface area contributed by atoms with Gasteiger partial charge < -0.3 is 25.2 Å². The van der Waals surface area contributed by atoms with Crippen molar-refractivity contribution in [3.05, 3.63) is 53.6 Å². The Balaban J connectivity index is 1.64. The maximum absolute atomic E-state index is 12.7. The highest BCUT2D eigenvalue weighted by Crippen LogP contribution is 2.26. The van der Waals surface area contributed by atoms with Crippen molar-refractivity contribution in [1.29, 1.82) is 0 Å². The molecule has 2 aromatic rings. The highest BCUT2D eigenvalue weighted by molar-refractivity contribution is 5.98. The van der Waals surface area contributed by atoms with Gasteiger partial charge >= 0.3 is 6.03 Å². The third-order valence-electron chi connectivity index (χ3n) is 4.90. The Morgan fingerprint density at radius 2 is 1.68 bits per heavy atom. The molecule has 3 rings (SSSR count). The van der Waals surface area contributed by atoms with E-state index in [0.717, 1.165) is 13.1 Å². The number of amides is 3. The third-order valence-corrected chi connectivity index (χ3v) is 4.90. The number of carbonyl (C=O) groups excluding carboxylic acids is 2. The number of nitrogens with zero attached hydrogens (tertiary/aromatic N) is 2. The first-order valence-electron chi connectivity index (χ1n) is 9.29. The lowest BCUT2D eigenvalue weighted by Crippen LogP contribution is -2.50. The molecule has 7 heteroatoms. The van der Waals surface area contributed by atoms with Crippen LogP contribution in [0.25, 0.3) is 0 Å². The molecule has 1 heterocycles. The lowest BCUT2D eigenvalue weighted by atomic mass is 10.1.